The monoisotopic (exact) mass is 247 g/mol. The molecule has 3 aromatic rings. The Morgan fingerprint density at radius 3 is 2.42 bits per heavy atom. The van der Waals surface area contributed by atoms with Crippen LogP contribution in [0.2, 0.25) is 0 Å². The topological polar surface area (TPSA) is 41.6 Å². The van der Waals surface area contributed by atoms with Crippen LogP contribution in [-0.2, 0) is 0 Å². The highest BCUT2D eigenvalue weighted by atomic mass is 15.0. The lowest BCUT2D eigenvalue weighted by Crippen LogP contribution is -1.92. The third-order valence-electron chi connectivity index (χ3n) is 3.44. The van der Waals surface area contributed by atoms with Crippen LogP contribution in [0.3, 0.4) is 0 Å². The summed E-state index contributed by atoms with van der Waals surface area (Å²) in [6.07, 6.45) is 1.82. The SMILES string of the molecule is Cc1cc2ncn(-c3ccc(C#N)cc3)c2cc1C. The van der Waals surface area contributed by atoms with E-state index in [4.69, 9.17) is 5.26 Å². The molecule has 1 heterocycles. The molecule has 0 radical (unpaired) electrons. The van der Waals surface area contributed by atoms with Crippen molar-refractivity contribution in [2.75, 3.05) is 0 Å². The minimum absolute atomic E-state index is 0.667. The molecule has 0 fully saturated rings. The van der Waals surface area contributed by atoms with Gasteiger partial charge in [0, 0.05) is 5.69 Å². The molecule has 0 bridgehead atoms. The Labute approximate surface area is 111 Å². The lowest BCUT2D eigenvalue weighted by Gasteiger charge is -2.06. The number of nitriles is 1. The van der Waals surface area contributed by atoms with Gasteiger partial charge in [-0.2, -0.15) is 5.26 Å². The maximum atomic E-state index is 8.83. The summed E-state index contributed by atoms with van der Waals surface area (Å²) in [6, 6.07) is 13.9. The van der Waals surface area contributed by atoms with Gasteiger partial charge in [-0.05, 0) is 61.4 Å². The number of rotatable bonds is 1. The van der Waals surface area contributed by atoms with Gasteiger partial charge in [-0.15, -0.1) is 0 Å². The molecule has 0 aliphatic carbocycles. The van der Waals surface area contributed by atoms with Crippen LogP contribution in [0.5, 0.6) is 0 Å². The second-order valence-corrected chi connectivity index (χ2v) is 4.70. The Kier molecular flexibility index (Phi) is 2.57. The molecule has 0 saturated heterocycles. The van der Waals surface area contributed by atoms with E-state index in [0.717, 1.165) is 16.7 Å². The Morgan fingerprint density at radius 1 is 1.05 bits per heavy atom. The molecule has 0 N–H and O–H groups in total. The van der Waals surface area contributed by atoms with Crippen molar-refractivity contribution in [2.24, 2.45) is 0 Å². The van der Waals surface area contributed by atoms with E-state index in [9.17, 15) is 0 Å². The molecule has 3 nitrogen and oxygen atoms in total. The highest BCUT2D eigenvalue weighted by Crippen LogP contribution is 2.21. The first kappa shape index (κ1) is 11.5. The molecule has 0 amide bonds. The quantitative estimate of drug-likeness (QED) is 0.660. The highest BCUT2D eigenvalue weighted by molar-refractivity contribution is 5.79. The first-order chi connectivity index (χ1) is 9.19. The second-order valence-electron chi connectivity index (χ2n) is 4.70. The van der Waals surface area contributed by atoms with Crippen molar-refractivity contribution in [3.63, 3.8) is 0 Å². The van der Waals surface area contributed by atoms with Crippen LogP contribution in [0.4, 0.5) is 0 Å². The van der Waals surface area contributed by atoms with Crippen LogP contribution in [0.1, 0.15) is 16.7 Å². The van der Waals surface area contributed by atoms with Crippen LogP contribution in [-0.4, -0.2) is 9.55 Å². The Hall–Kier alpha value is -2.60. The van der Waals surface area contributed by atoms with Gasteiger partial charge in [0.15, 0.2) is 0 Å². The predicted octanol–water partition coefficient (Wildman–Crippen LogP) is 3.51. The summed E-state index contributed by atoms with van der Waals surface area (Å²) in [7, 11) is 0. The third-order valence-corrected chi connectivity index (χ3v) is 3.44. The number of aromatic nitrogens is 2. The van der Waals surface area contributed by atoms with E-state index in [-0.39, 0.29) is 0 Å². The van der Waals surface area contributed by atoms with Gasteiger partial charge in [0.25, 0.3) is 0 Å². The Balaban J connectivity index is 2.19. The van der Waals surface area contributed by atoms with Gasteiger partial charge in [-0.1, -0.05) is 0 Å². The van der Waals surface area contributed by atoms with Gasteiger partial charge in [-0.25, -0.2) is 4.98 Å². The van der Waals surface area contributed by atoms with E-state index >= 15 is 0 Å². The summed E-state index contributed by atoms with van der Waals surface area (Å²) in [6.45, 7) is 4.19. The number of nitrogens with zero attached hydrogens (tertiary/aromatic N) is 3. The second kappa shape index (κ2) is 4.25. The summed E-state index contributed by atoms with van der Waals surface area (Å²) >= 11 is 0. The highest BCUT2D eigenvalue weighted by Gasteiger charge is 2.06. The van der Waals surface area contributed by atoms with Gasteiger partial charge in [-0.3, -0.25) is 4.57 Å². The molecule has 0 atom stereocenters. The third kappa shape index (κ3) is 1.88. The van der Waals surface area contributed by atoms with Crippen molar-refractivity contribution in [2.45, 2.75) is 13.8 Å². The maximum absolute atomic E-state index is 8.83. The molecule has 1 aromatic heterocycles. The van der Waals surface area contributed by atoms with E-state index in [2.05, 4.69) is 37.0 Å². The molecule has 0 spiro atoms. The zero-order chi connectivity index (χ0) is 13.4. The Morgan fingerprint density at radius 2 is 1.74 bits per heavy atom. The molecule has 2 aromatic carbocycles. The van der Waals surface area contributed by atoms with Gasteiger partial charge in [0.2, 0.25) is 0 Å². The lowest BCUT2D eigenvalue weighted by atomic mass is 10.1. The van der Waals surface area contributed by atoms with Crippen molar-refractivity contribution >= 4 is 11.0 Å². The average Bonchev–Trinajstić information content (AvgIpc) is 2.82. The van der Waals surface area contributed by atoms with Crippen molar-refractivity contribution in [1.29, 1.82) is 5.26 Å². The van der Waals surface area contributed by atoms with Crippen molar-refractivity contribution in [3.8, 4) is 11.8 Å². The summed E-state index contributed by atoms with van der Waals surface area (Å²) in [4.78, 5) is 4.44. The zero-order valence-corrected chi connectivity index (χ0v) is 10.9. The number of imidazole rings is 1. The normalized spacial score (nSPS) is 10.6. The number of benzene rings is 2. The molecule has 3 rings (SSSR count). The minimum atomic E-state index is 0.667. The first-order valence-electron chi connectivity index (χ1n) is 6.14. The Bertz CT molecular complexity index is 789. The average molecular weight is 247 g/mol. The van der Waals surface area contributed by atoms with Crippen LogP contribution in [0.15, 0.2) is 42.7 Å². The summed E-state index contributed by atoms with van der Waals surface area (Å²) in [5.74, 6) is 0. The van der Waals surface area contributed by atoms with Crippen molar-refractivity contribution in [1.82, 2.24) is 9.55 Å². The number of fused-ring (bicyclic) bond motifs is 1. The van der Waals surface area contributed by atoms with E-state index in [0.29, 0.717) is 5.56 Å². The van der Waals surface area contributed by atoms with Crippen LogP contribution in [0.25, 0.3) is 16.7 Å². The molecule has 0 unspecified atom stereocenters. The molecule has 0 aliphatic rings. The molecular weight excluding hydrogens is 234 g/mol. The standard InChI is InChI=1S/C16H13N3/c1-11-7-15-16(8-12(11)2)19(10-18-15)14-5-3-13(9-17)4-6-14/h3-8,10H,1-2H3. The smallest absolute Gasteiger partial charge is 0.100 e. The predicted molar refractivity (Wildman–Crippen MR) is 75.3 cm³/mol. The van der Waals surface area contributed by atoms with E-state index < -0.39 is 0 Å². The fourth-order valence-electron chi connectivity index (χ4n) is 2.17. The van der Waals surface area contributed by atoms with Crippen molar-refractivity contribution < 1.29 is 0 Å². The first-order valence-corrected chi connectivity index (χ1v) is 6.14. The number of hydrogen-bond acceptors (Lipinski definition) is 2. The molecule has 0 saturated carbocycles. The summed E-state index contributed by atoms with van der Waals surface area (Å²) < 4.78 is 2.04. The fraction of sp³-hybridized carbons (Fsp3) is 0.125. The van der Waals surface area contributed by atoms with E-state index in [1.165, 1.54) is 11.1 Å². The molecule has 19 heavy (non-hydrogen) atoms. The zero-order valence-electron chi connectivity index (χ0n) is 10.9. The maximum Gasteiger partial charge on any atom is 0.100 e. The van der Waals surface area contributed by atoms with Crippen LogP contribution in [0, 0.1) is 25.2 Å². The van der Waals surface area contributed by atoms with Gasteiger partial charge >= 0.3 is 0 Å². The van der Waals surface area contributed by atoms with Gasteiger partial charge < -0.3 is 0 Å². The van der Waals surface area contributed by atoms with Gasteiger partial charge in [0.1, 0.15) is 6.33 Å². The van der Waals surface area contributed by atoms with Gasteiger partial charge in [0.05, 0.1) is 22.7 Å². The fourth-order valence-corrected chi connectivity index (χ4v) is 2.17. The van der Waals surface area contributed by atoms with Crippen molar-refractivity contribution in [3.05, 3.63) is 59.4 Å². The van der Waals surface area contributed by atoms with E-state index in [1.807, 2.05) is 35.2 Å². The summed E-state index contributed by atoms with van der Waals surface area (Å²) in [5, 5.41) is 8.83. The molecule has 0 aliphatic heterocycles. The summed E-state index contributed by atoms with van der Waals surface area (Å²) in [5.41, 5.74) is 6.27. The minimum Gasteiger partial charge on any atom is -0.299 e. The molecule has 3 heteroatoms. The number of hydrogen-bond donors (Lipinski definition) is 0. The molecule has 92 valence electrons. The van der Waals surface area contributed by atoms with E-state index in [1.54, 1.807) is 0 Å². The lowest BCUT2D eigenvalue weighted by molar-refractivity contribution is 1.09. The van der Waals surface area contributed by atoms with Crippen LogP contribution < -0.4 is 0 Å². The largest absolute Gasteiger partial charge is 0.299 e. The molecular formula is C16H13N3. The number of aryl methyl sites for hydroxylation is 2. The van der Waals surface area contributed by atoms with Crippen LogP contribution >= 0.6 is 0 Å².